The number of aromatic nitrogens is 2. The molecule has 0 saturated heterocycles. The van der Waals surface area contributed by atoms with Crippen molar-refractivity contribution in [3.63, 3.8) is 0 Å². The van der Waals surface area contributed by atoms with Crippen LogP contribution in [-0.4, -0.2) is 9.13 Å². The highest BCUT2D eigenvalue weighted by molar-refractivity contribution is 7.26. The van der Waals surface area contributed by atoms with Crippen LogP contribution in [0.2, 0.25) is 0 Å². The number of benzene rings is 9. The Hall–Kier alpha value is -7.20. The highest BCUT2D eigenvalue weighted by Crippen LogP contribution is 2.44. The zero-order valence-corrected chi connectivity index (χ0v) is 31.7. The Morgan fingerprint density at radius 1 is 0.281 bits per heavy atom. The minimum Gasteiger partial charge on any atom is -0.309 e. The van der Waals surface area contributed by atoms with Gasteiger partial charge in [0.15, 0.2) is 0 Å². The molecule has 0 fully saturated rings. The summed E-state index contributed by atoms with van der Waals surface area (Å²) in [6.45, 7) is 0. The summed E-state index contributed by atoms with van der Waals surface area (Å²) in [4.78, 5) is 0. The van der Waals surface area contributed by atoms with Gasteiger partial charge in [0.2, 0.25) is 0 Å². The second-order valence-electron chi connectivity index (χ2n) is 14.9. The highest BCUT2D eigenvalue weighted by Gasteiger charge is 2.19. The predicted molar refractivity (Wildman–Crippen MR) is 244 cm³/mol. The molecule has 3 heteroatoms. The van der Waals surface area contributed by atoms with Crippen LogP contribution < -0.4 is 0 Å². The third-order valence-electron chi connectivity index (χ3n) is 11.7. The molecule has 266 valence electrons. The van der Waals surface area contributed by atoms with Crippen LogP contribution in [0.5, 0.6) is 0 Å². The van der Waals surface area contributed by atoms with E-state index in [1.54, 1.807) is 0 Å². The first kappa shape index (κ1) is 32.1. The van der Waals surface area contributed by atoms with Crippen molar-refractivity contribution in [3.8, 4) is 44.8 Å². The summed E-state index contributed by atoms with van der Waals surface area (Å²) < 4.78 is 7.49. The molecule has 3 aromatic heterocycles. The van der Waals surface area contributed by atoms with Gasteiger partial charge in [0.25, 0.3) is 0 Å². The smallest absolute Gasteiger partial charge is 0.0547 e. The van der Waals surface area contributed by atoms with E-state index in [0.717, 1.165) is 5.69 Å². The first-order valence-corrected chi connectivity index (χ1v) is 20.3. The summed E-state index contributed by atoms with van der Waals surface area (Å²) in [5.74, 6) is 0. The fraction of sp³-hybridized carbons (Fsp3) is 0. The summed E-state index contributed by atoms with van der Waals surface area (Å²) in [6.07, 6.45) is 0. The molecule has 0 bridgehead atoms. The Balaban J connectivity index is 1.09. The molecule has 0 aliphatic heterocycles. The van der Waals surface area contributed by atoms with Gasteiger partial charge < -0.3 is 9.13 Å². The molecule has 2 nitrogen and oxygen atoms in total. The number of rotatable bonds is 5. The lowest BCUT2D eigenvalue weighted by Crippen LogP contribution is -1.95. The molecule has 0 atom stereocenters. The number of nitrogens with zero attached hydrogens (tertiary/aromatic N) is 2. The Kier molecular flexibility index (Phi) is 7.13. The molecule has 9 aromatic carbocycles. The van der Waals surface area contributed by atoms with Crippen LogP contribution in [0.3, 0.4) is 0 Å². The van der Waals surface area contributed by atoms with Crippen molar-refractivity contribution in [2.24, 2.45) is 0 Å². The van der Waals surface area contributed by atoms with E-state index in [1.807, 2.05) is 11.3 Å². The van der Waals surface area contributed by atoms with Crippen molar-refractivity contribution in [3.05, 3.63) is 206 Å². The van der Waals surface area contributed by atoms with E-state index in [-0.39, 0.29) is 0 Å². The lowest BCUT2D eigenvalue weighted by Gasteiger charge is -2.14. The van der Waals surface area contributed by atoms with Crippen LogP contribution in [0.4, 0.5) is 0 Å². The molecule has 12 aromatic rings. The van der Waals surface area contributed by atoms with Gasteiger partial charge in [-0.3, -0.25) is 0 Å². The van der Waals surface area contributed by atoms with Gasteiger partial charge >= 0.3 is 0 Å². The minimum absolute atomic E-state index is 1.16. The van der Waals surface area contributed by atoms with Crippen molar-refractivity contribution in [1.82, 2.24) is 9.13 Å². The standard InChI is InChI=1S/C54H34N2S/c1-3-14-35(15-4-1)36-16-13-17-39(30-36)46-33-41(34-48-45-22-9-12-25-53(45)57-54(46)48)56-49-23-10-7-20-42(49)44-28-26-38(32-52(44)56)37-27-29-51-47(31-37)43-21-8-11-24-50(43)55(51)40-18-5-2-6-19-40/h1-34H. The number of para-hydroxylation sites is 3. The predicted octanol–water partition coefficient (Wildman–Crippen LogP) is 15.2. The van der Waals surface area contributed by atoms with Crippen molar-refractivity contribution >= 4 is 75.1 Å². The first-order valence-electron chi connectivity index (χ1n) is 19.5. The second kappa shape index (κ2) is 12.7. The monoisotopic (exact) mass is 742 g/mol. The molecule has 0 unspecified atom stereocenters. The topological polar surface area (TPSA) is 9.86 Å². The van der Waals surface area contributed by atoms with Gasteiger partial charge in [-0.1, -0.05) is 140 Å². The Morgan fingerprint density at radius 2 is 0.842 bits per heavy atom. The Morgan fingerprint density at radius 3 is 1.65 bits per heavy atom. The number of hydrogen-bond acceptors (Lipinski definition) is 1. The average Bonchev–Trinajstić information content (AvgIpc) is 3.94. The number of hydrogen-bond donors (Lipinski definition) is 0. The normalized spacial score (nSPS) is 11.9. The van der Waals surface area contributed by atoms with E-state index >= 15 is 0 Å². The fourth-order valence-electron chi connectivity index (χ4n) is 9.09. The van der Waals surface area contributed by atoms with E-state index in [4.69, 9.17) is 0 Å². The molecular weight excluding hydrogens is 709 g/mol. The lowest BCUT2D eigenvalue weighted by atomic mass is 9.97. The summed E-state index contributed by atoms with van der Waals surface area (Å²) in [5.41, 5.74) is 14.5. The summed E-state index contributed by atoms with van der Waals surface area (Å²) in [6, 6.07) is 75.7. The fourth-order valence-corrected chi connectivity index (χ4v) is 10.3. The van der Waals surface area contributed by atoms with Crippen LogP contribution in [0.1, 0.15) is 0 Å². The summed E-state index contributed by atoms with van der Waals surface area (Å²) in [5, 5.41) is 7.60. The van der Waals surface area contributed by atoms with Crippen LogP contribution in [0, 0.1) is 0 Å². The molecule has 12 rings (SSSR count). The molecule has 0 aliphatic carbocycles. The van der Waals surface area contributed by atoms with Gasteiger partial charge in [0.05, 0.1) is 22.1 Å². The molecule has 0 radical (unpaired) electrons. The van der Waals surface area contributed by atoms with Crippen LogP contribution in [-0.2, 0) is 0 Å². The van der Waals surface area contributed by atoms with Crippen LogP contribution in [0.15, 0.2) is 206 Å². The minimum atomic E-state index is 1.16. The molecule has 0 saturated carbocycles. The van der Waals surface area contributed by atoms with Gasteiger partial charge in [-0.2, -0.15) is 0 Å². The molecular formula is C54H34N2S. The number of fused-ring (bicyclic) bond motifs is 9. The van der Waals surface area contributed by atoms with E-state index in [2.05, 4.69) is 215 Å². The molecule has 3 heterocycles. The third-order valence-corrected chi connectivity index (χ3v) is 12.9. The first-order chi connectivity index (χ1) is 28.3. The quantitative estimate of drug-likeness (QED) is 0.166. The van der Waals surface area contributed by atoms with Gasteiger partial charge in [-0.05, 0) is 94.5 Å². The van der Waals surface area contributed by atoms with Crippen LogP contribution >= 0.6 is 11.3 Å². The van der Waals surface area contributed by atoms with Gasteiger partial charge in [-0.25, -0.2) is 0 Å². The molecule has 0 spiro atoms. The van der Waals surface area contributed by atoms with E-state index in [1.165, 1.54) is 103 Å². The van der Waals surface area contributed by atoms with Gasteiger partial charge in [-0.15, -0.1) is 11.3 Å². The van der Waals surface area contributed by atoms with Crippen molar-refractivity contribution in [2.45, 2.75) is 0 Å². The zero-order valence-electron chi connectivity index (χ0n) is 30.9. The van der Waals surface area contributed by atoms with Gasteiger partial charge in [0.1, 0.15) is 0 Å². The van der Waals surface area contributed by atoms with Crippen molar-refractivity contribution in [2.75, 3.05) is 0 Å². The van der Waals surface area contributed by atoms with Gasteiger partial charge in [0, 0.05) is 58.7 Å². The lowest BCUT2D eigenvalue weighted by molar-refractivity contribution is 1.18. The number of thiophene rings is 1. The summed E-state index contributed by atoms with van der Waals surface area (Å²) >= 11 is 1.89. The molecule has 0 aliphatic rings. The maximum absolute atomic E-state index is 2.49. The third kappa shape index (κ3) is 5.03. The van der Waals surface area contributed by atoms with E-state index in [0.29, 0.717) is 0 Å². The Labute approximate surface area is 333 Å². The maximum atomic E-state index is 2.49. The van der Waals surface area contributed by atoms with Crippen molar-refractivity contribution in [1.29, 1.82) is 0 Å². The van der Waals surface area contributed by atoms with E-state index < -0.39 is 0 Å². The molecule has 0 amide bonds. The zero-order chi connectivity index (χ0) is 37.5. The molecule has 57 heavy (non-hydrogen) atoms. The molecule has 0 N–H and O–H groups in total. The second-order valence-corrected chi connectivity index (χ2v) is 16.0. The summed E-state index contributed by atoms with van der Waals surface area (Å²) in [7, 11) is 0. The average molecular weight is 743 g/mol. The SMILES string of the molecule is c1ccc(-c2cccc(-c3cc(-n4c5ccccc5c5ccc(-c6ccc7c(c6)c6ccccc6n7-c6ccccc6)cc54)cc4c3sc3ccccc34)c2)cc1. The maximum Gasteiger partial charge on any atom is 0.0547 e. The van der Waals surface area contributed by atoms with Crippen molar-refractivity contribution < 1.29 is 0 Å². The largest absolute Gasteiger partial charge is 0.309 e. The Bertz CT molecular complexity index is 3510. The van der Waals surface area contributed by atoms with E-state index in [9.17, 15) is 0 Å². The van der Waals surface area contributed by atoms with Crippen LogP contribution in [0.25, 0.3) is 109 Å². The highest BCUT2D eigenvalue weighted by atomic mass is 32.1.